The molecule has 19 heavy (non-hydrogen) atoms. The largest absolute Gasteiger partial charge is 0.507 e. The van der Waals surface area contributed by atoms with Crippen LogP contribution in [0.5, 0.6) is 5.75 Å². The lowest BCUT2D eigenvalue weighted by atomic mass is 10.2. The maximum Gasteiger partial charge on any atom is 0.259 e. The van der Waals surface area contributed by atoms with E-state index in [4.69, 9.17) is 34.8 Å². The molecule has 0 aliphatic heterocycles. The summed E-state index contributed by atoms with van der Waals surface area (Å²) >= 11 is 17.7. The predicted octanol–water partition coefficient (Wildman–Crippen LogP) is 4.60. The Bertz CT molecular complexity index is 621. The van der Waals surface area contributed by atoms with Crippen molar-refractivity contribution in [1.82, 2.24) is 0 Å². The Morgan fingerprint density at radius 2 is 1.63 bits per heavy atom. The minimum absolute atomic E-state index is 0.124. The van der Waals surface area contributed by atoms with Gasteiger partial charge in [-0.3, -0.25) is 4.79 Å². The van der Waals surface area contributed by atoms with Crippen molar-refractivity contribution in [3.8, 4) is 5.75 Å². The van der Waals surface area contributed by atoms with E-state index in [0.29, 0.717) is 5.02 Å². The first-order valence-corrected chi connectivity index (χ1v) is 6.36. The summed E-state index contributed by atoms with van der Waals surface area (Å²) in [5, 5.41) is 13.0. The summed E-state index contributed by atoms with van der Waals surface area (Å²) in [5.41, 5.74) is 0.380. The molecule has 0 aromatic heterocycles. The van der Waals surface area contributed by atoms with E-state index in [2.05, 4.69) is 5.32 Å². The number of nitrogens with one attached hydrogen (secondary N) is 1. The average Bonchev–Trinajstić information content (AvgIpc) is 2.34. The van der Waals surface area contributed by atoms with Gasteiger partial charge in [0.25, 0.3) is 5.91 Å². The Hall–Kier alpha value is -1.42. The molecule has 2 aromatic carbocycles. The number of aromatic hydroxyl groups is 1. The number of benzene rings is 2. The van der Waals surface area contributed by atoms with E-state index in [-0.39, 0.29) is 27.0 Å². The van der Waals surface area contributed by atoms with Crippen molar-refractivity contribution in [2.45, 2.75) is 0 Å². The number of phenolic OH excluding ortho intramolecular Hbond substituents is 1. The van der Waals surface area contributed by atoms with Crippen LogP contribution in [0.4, 0.5) is 5.69 Å². The molecule has 98 valence electrons. The van der Waals surface area contributed by atoms with Crippen LogP contribution in [-0.2, 0) is 0 Å². The summed E-state index contributed by atoms with van der Waals surface area (Å²) in [5.74, 6) is -0.634. The topological polar surface area (TPSA) is 49.3 Å². The highest BCUT2D eigenvalue weighted by Crippen LogP contribution is 2.34. The fourth-order valence-corrected chi connectivity index (χ4v) is 2.42. The fraction of sp³-hybridized carbons (Fsp3) is 0. The second-order valence-corrected chi connectivity index (χ2v) is 4.97. The smallest absolute Gasteiger partial charge is 0.259 e. The van der Waals surface area contributed by atoms with Gasteiger partial charge in [0.2, 0.25) is 0 Å². The summed E-state index contributed by atoms with van der Waals surface area (Å²) in [7, 11) is 0. The minimum Gasteiger partial charge on any atom is -0.507 e. The third kappa shape index (κ3) is 3.13. The molecular weight excluding hydrogens is 309 g/mol. The summed E-state index contributed by atoms with van der Waals surface area (Å²) in [6, 6.07) is 9.10. The quantitative estimate of drug-likeness (QED) is 0.850. The number of carbonyl (C=O) groups excluding carboxylic acids is 1. The zero-order chi connectivity index (χ0) is 14.0. The standard InChI is InChI=1S/C13H8Cl3NO2/c14-7-5-9(15)12(10(16)6-7)17-13(19)8-3-1-2-4-11(8)18/h1-6,18H,(H,17,19). The van der Waals surface area contributed by atoms with Crippen LogP contribution in [0.25, 0.3) is 0 Å². The number of phenols is 1. The number of rotatable bonds is 2. The number of halogens is 3. The molecular formula is C13H8Cl3NO2. The molecule has 2 rings (SSSR count). The number of amides is 1. The Balaban J connectivity index is 2.32. The third-order valence-corrected chi connectivity index (χ3v) is 3.21. The van der Waals surface area contributed by atoms with Gasteiger partial charge in [-0.15, -0.1) is 0 Å². The average molecular weight is 317 g/mol. The second kappa shape index (κ2) is 5.70. The summed E-state index contributed by atoms with van der Waals surface area (Å²) < 4.78 is 0. The van der Waals surface area contributed by atoms with Crippen molar-refractivity contribution in [2.75, 3.05) is 5.32 Å². The van der Waals surface area contributed by atoms with E-state index < -0.39 is 5.91 Å². The van der Waals surface area contributed by atoms with Crippen LogP contribution in [0.15, 0.2) is 36.4 Å². The highest BCUT2D eigenvalue weighted by atomic mass is 35.5. The predicted molar refractivity (Wildman–Crippen MR) is 77.5 cm³/mol. The van der Waals surface area contributed by atoms with Gasteiger partial charge in [-0.25, -0.2) is 0 Å². The third-order valence-electron chi connectivity index (χ3n) is 2.39. The van der Waals surface area contributed by atoms with Crippen LogP contribution < -0.4 is 5.32 Å². The van der Waals surface area contributed by atoms with Crippen LogP contribution in [0.2, 0.25) is 15.1 Å². The maximum absolute atomic E-state index is 12.0. The van der Waals surface area contributed by atoms with Gasteiger partial charge < -0.3 is 10.4 Å². The highest BCUT2D eigenvalue weighted by molar-refractivity contribution is 6.42. The molecule has 2 aromatic rings. The number of anilines is 1. The lowest BCUT2D eigenvalue weighted by Gasteiger charge is -2.10. The van der Waals surface area contributed by atoms with Gasteiger partial charge in [0.15, 0.2) is 0 Å². The second-order valence-electron chi connectivity index (χ2n) is 3.72. The SMILES string of the molecule is O=C(Nc1c(Cl)cc(Cl)cc1Cl)c1ccccc1O. The molecule has 0 aliphatic carbocycles. The van der Waals surface area contributed by atoms with Gasteiger partial charge >= 0.3 is 0 Å². The highest BCUT2D eigenvalue weighted by Gasteiger charge is 2.15. The first-order chi connectivity index (χ1) is 8.99. The van der Waals surface area contributed by atoms with Crippen molar-refractivity contribution in [1.29, 1.82) is 0 Å². The summed E-state index contributed by atoms with van der Waals surface area (Å²) in [6.07, 6.45) is 0. The molecule has 0 spiro atoms. The molecule has 0 unspecified atom stereocenters. The molecule has 0 atom stereocenters. The van der Waals surface area contributed by atoms with Crippen LogP contribution in [0, 0.1) is 0 Å². The normalized spacial score (nSPS) is 10.3. The number of hydrogen-bond donors (Lipinski definition) is 2. The fourth-order valence-electron chi connectivity index (χ4n) is 1.51. The molecule has 0 bridgehead atoms. The number of hydrogen-bond acceptors (Lipinski definition) is 2. The van der Waals surface area contributed by atoms with Crippen LogP contribution in [-0.4, -0.2) is 11.0 Å². The molecule has 0 saturated heterocycles. The number of carbonyl (C=O) groups is 1. The van der Waals surface area contributed by atoms with Gasteiger partial charge in [0.1, 0.15) is 5.75 Å². The van der Waals surface area contributed by atoms with Gasteiger partial charge in [-0.05, 0) is 24.3 Å². The molecule has 6 heteroatoms. The monoisotopic (exact) mass is 315 g/mol. The van der Waals surface area contributed by atoms with E-state index in [1.54, 1.807) is 12.1 Å². The van der Waals surface area contributed by atoms with E-state index in [9.17, 15) is 9.90 Å². The van der Waals surface area contributed by atoms with E-state index in [1.807, 2.05) is 0 Å². The van der Waals surface area contributed by atoms with Crippen molar-refractivity contribution in [3.05, 3.63) is 57.0 Å². The Kier molecular flexibility index (Phi) is 4.20. The summed E-state index contributed by atoms with van der Waals surface area (Å²) in [6.45, 7) is 0. The van der Waals surface area contributed by atoms with Crippen LogP contribution in [0.1, 0.15) is 10.4 Å². The lowest BCUT2D eigenvalue weighted by molar-refractivity contribution is 0.102. The summed E-state index contributed by atoms with van der Waals surface area (Å²) in [4.78, 5) is 12.0. The van der Waals surface area contributed by atoms with Crippen molar-refractivity contribution in [2.24, 2.45) is 0 Å². The molecule has 0 radical (unpaired) electrons. The zero-order valence-corrected chi connectivity index (χ0v) is 11.7. The first-order valence-electron chi connectivity index (χ1n) is 5.23. The molecule has 0 aliphatic rings. The minimum atomic E-state index is -0.510. The van der Waals surface area contributed by atoms with Crippen molar-refractivity contribution in [3.63, 3.8) is 0 Å². The van der Waals surface area contributed by atoms with E-state index >= 15 is 0 Å². The van der Waals surface area contributed by atoms with Crippen LogP contribution in [0.3, 0.4) is 0 Å². The molecule has 0 fully saturated rings. The Morgan fingerprint density at radius 3 is 2.21 bits per heavy atom. The maximum atomic E-state index is 12.0. The van der Waals surface area contributed by atoms with Gasteiger partial charge in [0.05, 0.1) is 21.3 Å². The Labute approximate surface area is 124 Å². The van der Waals surface area contributed by atoms with E-state index in [1.165, 1.54) is 24.3 Å². The number of para-hydroxylation sites is 1. The van der Waals surface area contributed by atoms with Gasteiger partial charge in [-0.1, -0.05) is 46.9 Å². The molecule has 0 saturated carbocycles. The molecule has 0 heterocycles. The molecule has 3 nitrogen and oxygen atoms in total. The van der Waals surface area contributed by atoms with Crippen molar-refractivity contribution < 1.29 is 9.90 Å². The van der Waals surface area contributed by atoms with Gasteiger partial charge in [0, 0.05) is 5.02 Å². The van der Waals surface area contributed by atoms with E-state index in [0.717, 1.165) is 0 Å². The molecule has 1 amide bonds. The van der Waals surface area contributed by atoms with Crippen LogP contribution >= 0.6 is 34.8 Å². The zero-order valence-electron chi connectivity index (χ0n) is 9.45. The van der Waals surface area contributed by atoms with Gasteiger partial charge in [-0.2, -0.15) is 0 Å². The lowest BCUT2D eigenvalue weighted by Crippen LogP contribution is -2.12. The Morgan fingerprint density at radius 1 is 1.05 bits per heavy atom. The first kappa shape index (κ1) is 14.0. The molecule has 2 N–H and O–H groups in total. The van der Waals surface area contributed by atoms with Crippen molar-refractivity contribution >= 4 is 46.4 Å².